The van der Waals surface area contributed by atoms with Crippen LogP contribution in [0.25, 0.3) is 0 Å². The van der Waals surface area contributed by atoms with Crippen molar-refractivity contribution >= 4 is 47.2 Å². The van der Waals surface area contributed by atoms with E-state index in [4.69, 9.17) is 22.1 Å². The molecule has 0 bridgehead atoms. The quantitative estimate of drug-likeness (QED) is 0.563. The van der Waals surface area contributed by atoms with Gasteiger partial charge in [-0.15, -0.1) is 0 Å². The van der Waals surface area contributed by atoms with Crippen molar-refractivity contribution in [2.24, 2.45) is 5.73 Å². The summed E-state index contributed by atoms with van der Waals surface area (Å²) in [5.41, 5.74) is 5.07. The average Bonchev–Trinajstić information content (AvgIpc) is 2.57. The first-order valence-electron chi connectivity index (χ1n) is 7.61. The lowest BCUT2D eigenvalue weighted by molar-refractivity contribution is -0.156. The highest BCUT2D eigenvalue weighted by Crippen LogP contribution is 2.15. The van der Waals surface area contributed by atoms with Crippen LogP contribution < -0.4 is 16.4 Å². The SMILES string of the molecule is CSCC[C@H](NC(=O)c1ccccc1Cl)C(=O)O[C@H](C)C(=O)NC(N)=O. The summed E-state index contributed by atoms with van der Waals surface area (Å²) in [5, 5.41) is 4.62. The molecule has 4 N–H and O–H groups in total. The molecule has 0 fully saturated rings. The number of imide groups is 1. The molecular formula is C16H20ClN3O5S. The number of carbonyl (C=O) groups is 4. The minimum Gasteiger partial charge on any atom is -0.451 e. The van der Waals surface area contributed by atoms with Gasteiger partial charge in [-0.3, -0.25) is 14.9 Å². The summed E-state index contributed by atoms with van der Waals surface area (Å²) < 4.78 is 5.02. The van der Waals surface area contributed by atoms with Gasteiger partial charge >= 0.3 is 12.0 Å². The van der Waals surface area contributed by atoms with Crippen LogP contribution in [0.3, 0.4) is 0 Å². The Morgan fingerprint density at radius 3 is 2.50 bits per heavy atom. The molecule has 0 saturated heterocycles. The number of carbonyl (C=O) groups excluding carboxylic acids is 4. The standard InChI is InChI=1S/C16H20ClN3O5S/c1-9(13(21)20-16(18)24)25-15(23)12(7-8-26-2)19-14(22)10-5-3-4-6-11(10)17/h3-6,9,12H,7-8H2,1-2H3,(H,19,22)(H3,18,20,21,24)/t9-,12+/m1/s1. The van der Waals surface area contributed by atoms with Crippen molar-refractivity contribution in [3.63, 3.8) is 0 Å². The van der Waals surface area contributed by atoms with Crippen LogP contribution in [0.1, 0.15) is 23.7 Å². The number of benzene rings is 1. The van der Waals surface area contributed by atoms with Gasteiger partial charge in [-0.1, -0.05) is 23.7 Å². The van der Waals surface area contributed by atoms with Crippen LogP contribution in [-0.4, -0.2) is 48.0 Å². The fourth-order valence-electron chi connectivity index (χ4n) is 1.90. The van der Waals surface area contributed by atoms with E-state index in [9.17, 15) is 19.2 Å². The minimum absolute atomic E-state index is 0.218. The molecule has 0 unspecified atom stereocenters. The highest BCUT2D eigenvalue weighted by molar-refractivity contribution is 7.98. The van der Waals surface area contributed by atoms with Crippen LogP contribution >= 0.6 is 23.4 Å². The monoisotopic (exact) mass is 401 g/mol. The summed E-state index contributed by atoms with van der Waals surface area (Å²) in [6, 6.07) is 4.38. The number of urea groups is 1. The van der Waals surface area contributed by atoms with Gasteiger partial charge in [-0.25, -0.2) is 9.59 Å². The number of thioether (sulfide) groups is 1. The van der Waals surface area contributed by atoms with Crippen LogP contribution in [0.5, 0.6) is 0 Å². The van der Waals surface area contributed by atoms with Crippen molar-refractivity contribution in [3.05, 3.63) is 34.9 Å². The van der Waals surface area contributed by atoms with E-state index in [0.717, 1.165) is 0 Å². The molecule has 2 atom stereocenters. The van der Waals surface area contributed by atoms with E-state index >= 15 is 0 Å². The third-order valence-corrected chi connectivity index (χ3v) is 4.20. The van der Waals surface area contributed by atoms with Gasteiger partial charge in [0.15, 0.2) is 6.10 Å². The van der Waals surface area contributed by atoms with Gasteiger partial charge in [0.1, 0.15) is 6.04 Å². The highest BCUT2D eigenvalue weighted by Gasteiger charge is 2.27. The largest absolute Gasteiger partial charge is 0.451 e. The number of esters is 1. The number of nitrogens with two attached hydrogens (primary N) is 1. The zero-order valence-corrected chi connectivity index (χ0v) is 15.9. The Kier molecular flexibility index (Phi) is 8.94. The van der Waals surface area contributed by atoms with Gasteiger partial charge in [0, 0.05) is 0 Å². The van der Waals surface area contributed by atoms with Crippen molar-refractivity contribution in [1.82, 2.24) is 10.6 Å². The van der Waals surface area contributed by atoms with E-state index < -0.39 is 36.0 Å². The lowest BCUT2D eigenvalue weighted by Crippen LogP contribution is -2.47. The Labute approximate surface area is 160 Å². The van der Waals surface area contributed by atoms with Crippen molar-refractivity contribution in [3.8, 4) is 0 Å². The summed E-state index contributed by atoms with van der Waals surface area (Å²) in [4.78, 5) is 47.0. The van der Waals surface area contributed by atoms with E-state index in [1.807, 2.05) is 11.6 Å². The molecule has 0 saturated carbocycles. The van der Waals surface area contributed by atoms with E-state index in [-0.39, 0.29) is 10.6 Å². The fourth-order valence-corrected chi connectivity index (χ4v) is 2.59. The number of nitrogens with one attached hydrogen (secondary N) is 2. The molecule has 0 radical (unpaired) electrons. The van der Waals surface area contributed by atoms with Gasteiger partial charge in [0.25, 0.3) is 11.8 Å². The maximum atomic E-state index is 12.4. The molecule has 0 heterocycles. The smallest absolute Gasteiger partial charge is 0.329 e. The number of halogens is 1. The van der Waals surface area contributed by atoms with Gasteiger partial charge < -0.3 is 15.8 Å². The lowest BCUT2D eigenvalue weighted by atomic mass is 10.1. The second-order valence-electron chi connectivity index (χ2n) is 5.22. The molecule has 1 aromatic carbocycles. The van der Waals surface area contributed by atoms with Gasteiger partial charge in [0.2, 0.25) is 0 Å². The topological polar surface area (TPSA) is 128 Å². The first kappa shape index (κ1) is 21.8. The summed E-state index contributed by atoms with van der Waals surface area (Å²) in [7, 11) is 0. The Balaban J connectivity index is 2.80. The predicted molar refractivity (Wildman–Crippen MR) is 99.0 cm³/mol. The van der Waals surface area contributed by atoms with Gasteiger partial charge in [-0.05, 0) is 37.5 Å². The van der Waals surface area contributed by atoms with Gasteiger partial charge in [0.05, 0.1) is 10.6 Å². The maximum Gasteiger partial charge on any atom is 0.329 e. The molecule has 1 rings (SSSR count). The third-order valence-electron chi connectivity index (χ3n) is 3.23. The number of hydrogen-bond donors (Lipinski definition) is 3. The van der Waals surface area contributed by atoms with Crippen LogP contribution in [0.4, 0.5) is 4.79 Å². The van der Waals surface area contributed by atoms with E-state index in [1.54, 1.807) is 18.2 Å². The number of ether oxygens (including phenoxy) is 1. The summed E-state index contributed by atoms with van der Waals surface area (Å²) in [5.74, 6) is -1.61. The van der Waals surface area contributed by atoms with Crippen molar-refractivity contribution in [2.75, 3.05) is 12.0 Å². The van der Waals surface area contributed by atoms with E-state index in [0.29, 0.717) is 12.2 Å². The fraction of sp³-hybridized carbons (Fsp3) is 0.375. The molecule has 142 valence electrons. The maximum absolute atomic E-state index is 12.4. The molecule has 0 aromatic heterocycles. The summed E-state index contributed by atoms with van der Waals surface area (Å²) >= 11 is 7.46. The molecule has 10 heteroatoms. The van der Waals surface area contributed by atoms with E-state index in [2.05, 4.69) is 5.32 Å². The molecule has 4 amide bonds. The normalized spacial score (nSPS) is 12.6. The van der Waals surface area contributed by atoms with Crippen LogP contribution in [0, 0.1) is 0 Å². The molecule has 0 aliphatic carbocycles. The third kappa shape index (κ3) is 6.93. The zero-order valence-electron chi connectivity index (χ0n) is 14.3. The minimum atomic E-state index is -1.25. The predicted octanol–water partition coefficient (Wildman–Crippen LogP) is 1.32. The van der Waals surface area contributed by atoms with Crippen molar-refractivity contribution < 1.29 is 23.9 Å². The van der Waals surface area contributed by atoms with Crippen LogP contribution in [0.15, 0.2) is 24.3 Å². The Bertz CT molecular complexity index is 686. The molecule has 8 nitrogen and oxygen atoms in total. The number of rotatable bonds is 8. The molecule has 0 aliphatic rings. The zero-order chi connectivity index (χ0) is 19.7. The van der Waals surface area contributed by atoms with Gasteiger partial charge in [-0.2, -0.15) is 11.8 Å². The Hall–Kier alpha value is -2.26. The molecule has 26 heavy (non-hydrogen) atoms. The molecular weight excluding hydrogens is 382 g/mol. The molecule has 0 aliphatic heterocycles. The second kappa shape index (κ2) is 10.7. The summed E-state index contributed by atoms with van der Waals surface area (Å²) in [6.45, 7) is 1.29. The van der Waals surface area contributed by atoms with E-state index in [1.165, 1.54) is 24.8 Å². The Morgan fingerprint density at radius 1 is 1.27 bits per heavy atom. The van der Waals surface area contributed by atoms with Crippen molar-refractivity contribution in [2.45, 2.75) is 25.5 Å². The van der Waals surface area contributed by atoms with Crippen LogP contribution in [-0.2, 0) is 14.3 Å². The first-order chi connectivity index (χ1) is 12.3. The Morgan fingerprint density at radius 2 is 1.92 bits per heavy atom. The highest BCUT2D eigenvalue weighted by atomic mass is 35.5. The van der Waals surface area contributed by atoms with Crippen molar-refractivity contribution in [1.29, 1.82) is 0 Å². The second-order valence-corrected chi connectivity index (χ2v) is 6.61. The number of amides is 4. The number of primary amides is 1. The first-order valence-corrected chi connectivity index (χ1v) is 9.38. The molecule has 0 spiro atoms. The molecule has 1 aromatic rings. The average molecular weight is 402 g/mol. The van der Waals surface area contributed by atoms with Crippen LogP contribution in [0.2, 0.25) is 5.02 Å². The number of hydrogen-bond acceptors (Lipinski definition) is 6. The summed E-state index contributed by atoms with van der Waals surface area (Å²) in [6.07, 6.45) is 0.894. The lowest BCUT2D eigenvalue weighted by Gasteiger charge is -2.20.